The van der Waals surface area contributed by atoms with Crippen LogP contribution in [0.2, 0.25) is 0 Å². The molecule has 0 atom stereocenters. The first-order valence-corrected chi connectivity index (χ1v) is 7.09. The summed E-state index contributed by atoms with van der Waals surface area (Å²) in [6, 6.07) is 2.74. The lowest BCUT2D eigenvalue weighted by Crippen LogP contribution is -2.19. The molecule has 6 heteroatoms. The molecule has 1 rings (SSSR count). The van der Waals surface area contributed by atoms with Crippen molar-refractivity contribution in [2.45, 2.75) is 38.9 Å². The average molecular weight is 307 g/mol. The summed E-state index contributed by atoms with van der Waals surface area (Å²) in [7, 11) is 0. The predicted molar refractivity (Wildman–Crippen MR) is 73.5 cm³/mol. The SMILES string of the molecule is CCCCOCCCNCc1ccc(F)cc1C(F)(F)F. The highest BCUT2D eigenvalue weighted by Gasteiger charge is 2.33. The standard InChI is InChI=1S/C15H21F4NO/c1-2-3-8-21-9-4-7-20-11-12-5-6-13(16)10-14(12)15(17,18)19/h5-6,10,20H,2-4,7-9,11H2,1H3. The Morgan fingerprint density at radius 3 is 2.52 bits per heavy atom. The van der Waals surface area contributed by atoms with Gasteiger partial charge in [0.25, 0.3) is 0 Å². The average Bonchev–Trinajstić information content (AvgIpc) is 2.42. The zero-order valence-electron chi connectivity index (χ0n) is 12.1. The molecule has 1 aromatic rings. The van der Waals surface area contributed by atoms with Crippen LogP contribution in [-0.2, 0) is 17.5 Å². The number of hydrogen-bond donors (Lipinski definition) is 1. The van der Waals surface area contributed by atoms with E-state index in [0.717, 1.165) is 25.3 Å². The Bertz CT molecular complexity index is 421. The molecule has 0 bridgehead atoms. The molecule has 0 saturated carbocycles. The van der Waals surface area contributed by atoms with Gasteiger partial charge in [-0.2, -0.15) is 13.2 Å². The molecule has 0 saturated heterocycles. The van der Waals surface area contributed by atoms with Gasteiger partial charge in [-0.1, -0.05) is 19.4 Å². The van der Waals surface area contributed by atoms with Crippen molar-refractivity contribution in [2.75, 3.05) is 19.8 Å². The van der Waals surface area contributed by atoms with Crippen molar-refractivity contribution < 1.29 is 22.3 Å². The number of rotatable bonds is 9. The Kier molecular flexibility index (Phi) is 7.67. The Balaban J connectivity index is 2.35. The predicted octanol–water partition coefficient (Wildman–Crippen LogP) is 4.14. The smallest absolute Gasteiger partial charge is 0.381 e. The summed E-state index contributed by atoms with van der Waals surface area (Å²) in [5.41, 5.74) is -0.870. The van der Waals surface area contributed by atoms with Gasteiger partial charge in [-0.3, -0.25) is 0 Å². The third-order valence-electron chi connectivity index (χ3n) is 2.98. The van der Waals surface area contributed by atoms with Gasteiger partial charge in [0.2, 0.25) is 0 Å². The highest BCUT2D eigenvalue weighted by atomic mass is 19.4. The minimum absolute atomic E-state index is 0.0517. The zero-order valence-corrected chi connectivity index (χ0v) is 12.1. The van der Waals surface area contributed by atoms with Gasteiger partial charge < -0.3 is 10.1 Å². The van der Waals surface area contributed by atoms with E-state index in [-0.39, 0.29) is 12.1 Å². The van der Waals surface area contributed by atoms with Crippen LogP contribution in [-0.4, -0.2) is 19.8 Å². The lowest BCUT2D eigenvalue weighted by molar-refractivity contribution is -0.138. The molecule has 0 amide bonds. The van der Waals surface area contributed by atoms with Crippen LogP contribution in [0.3, 0.4) is 0 Å². The molecule has 2 nitrogen and oxygen atoms in total. The van der Waals surface area contributed by atoms with Gasteiger partial charge in [0.15, 0.2) is 0 Å². The normalized spacial score (nSPS) is 11.9. The largest absolute Gasteiger partial charge is 0.416 e. The van der Waals surface area contributed by atoms with Crippen molar-refractivity contribution in [3.63, 3.8) is 0 Å². The first-order valence-electron chi connectivity index (χ1n) is 7.09. The monoisotopic (exact) mass is 307 g/mol. The lowest BCUT2D eigenvalue weighted by atomic mass is 10.1. The Labute approximate surface area is 122 Å². The van der Waals surface area contributed by atoms with Crippen molar-refractivity contribution >= 4 is 0 Å². The number of halogens is 4. The third-order valence-corrected chi connectivity index (χ3v) is 2.98. The molecule has 0 fully saturated rings. The molecule has 1 aromatic carbocycles. The molecular weight excluding hydrogens is 286 g/mol. The molecule has 0 aromatic heterocycles. The van der Waals surface area contributed by atoms with Crippen LogP contribution >= 0.6 is 0 Å². The fraction of sp³-hybridized carbons (Fsp3) is 0.600. The van der Waals surface area contributed by atoms with Crippen LogP contribution in [0.15, 0.2) is 18.2 Å². The second-order valence-electron chi connectivity index (χ2n) is 4.80. The highest BCUT2D eigenvalue weighted by molar-refractivity contribution is 5.30. The minimum Gasteiger partial charge on any atom is -0.381 e. The molecule has 21 heavy (non-hydrogen) atoms. The number of unbranched alkanes of at least 4 members (excludes halogenated alkanes) is 1. The van der Waals surface area contributed by atoms with Gasteiger partial charge in [0.05, 0.1) is 5.56 Å². The van der Waals surface area contributed by atoms with Crippen LogP contribution in [0.25, 0.3) is 0 Å². The molecule has 0 aliphatic carbocycles. The molecule has 0 aliphatic rings. The number of nitrogens with one attached hydrogen (secondary N) is 1. The van der Waals surface area contributed by atoms with E-state index >= 15 is 0 Å². The van der Waals surface area contributed by atoms with Crippen LogP contribution < -0.4 is 5.32 Å². The topological polar surface area (TPSA) is 21.3 Å². The van der Waals surface area contributed by atoms with Gasteiger partial charge >= 0.3 is 6.18 Å². The summed E-state index contributed by atoms with van der Waals surface area (Å²) < 4.78 is 56.6. The van der Waals surface area contributed by atoms with E-state index < -0.39 is 17.6 Å². The van der Waals surface area contributed by atoms with E-state index in [4.69, 9.17) is 4.74 Å². The fourth-order valence-corrected chi connectivity index (χ4v) is 1.84. The van der Waals surface area contributed by atoms with Crippen molar-refractivity contribution in [3.8, 4) is 0 Å². The number of hydrogen-bond acceptors (Lipinski definition) is 2. The first-order chi connectivity index (χ1) is 9.95. The maximum atomic E-state index is 12.9. The fourth-order valence-electron chi connectivity index (χ4n) is 1.84. The van der Waals surface area contributed by atoms with Crippen LogP contribution in [0.5, 0.6) is 0 Å². The van der Waals surface area contributed by atoms with Gasteiger partial charge in [0.1, 0.15) is 5.82 Å². The maximum Gasteiger partial charge on any atom is 0.416 e. The Morgan fingerprint density at radius 2 is 1.86 bits per heavy atom. The molecule has 0 aliphatic heterocycles. The van der Waals surface area contributed by atoms with Crippen molar-refractivity contribution in [2.24, 2.45) is 0 Å². The second kappa shape index (κ2) is 9.00. The quantitative estimate of drug-likeness (QED) is 0.547. The molecule has 0 heterocycles. The summed E-state index contributed by atoms with van der Waals surface area (Å²) >= 11 is 0. The molecule has 1 N–H and O–H groups in total. The second-order valence-corrected chi connectivity index (χ2v) is 4.80. The maximum absolute atomic E-state index is 12.9. The lowest BCUT2D eigenvalue weighted by Gasteiger charge is -2.13. The Hall–Kier alpha value is -1.14. The Morgan fingerprint density at radius 1 is 1.14 bits per heavy atom. The molecule has 0 radical (unpaired) electrons. The van der Waals surface area contributed by atoms with E-state index in [9.17, 15) is 17.6 Å². The third kappa shape index (κ3) is 6.91. The van der Waals surface area contributed by atoms with Crippen LogP contribution in [0.4, 0.5) is 17.6 Å². The van der Waals surface area contributed by atoms with Gasteiger partial charge in [0, 0.05) is 19.8 Å². The highest BCUT2D eigenvalue weighted by Crippen LogP contribution is 2.32. The van der Waals surface area contributed by atoms with Crippen molar-refractivity contribution in [1.29, 1.82) is 0 Å². The van der Waals surface area contributed by atoms with Crippen molar-refractivity contribution in [3.05, 3.63) is 35.1 Å². The summed E-state index contributed by atoms with van der Waals surface area (Å²) in [6.07, 6.45) is -1.73. The van der Waals surface area contributed by atoms with Gasteiger partial charge in [-0.15, -0.1) is 0 Å². The number of benzene rings is 1. The number of alkyl halides is 3. The zero-order chi connectivity index (χ0) is 15.7. The number of ether oxygens (including phenoxy) is 1. The van der Waals surface area contributed by atoms with Gasteiger partial charge in [-0.25, -0.2) is 4.39 Å². The summed E-state index contributed by atoms with van der Waals surface area (Å²) in [5, 5.41) is 2.92. The first kappa shape index (κ1) is 17.9. The summed E-state index contributed by atoms with van der Waals surface area (Å²) in [6.45, 7) is 3.99. The molecule has 120 valence electrons. The van der Waals surface area contributed by atoms with Crippen LogP contribution in [0.1, 0.15) is 37.3 Å². The van der Waals surface area contributed by atoms with E-state index in [1.165, 1.54) is 6.07 Å². The van der Waals surface area contributed by atoms with Gasteiger partial charge in [-0.05, 0) is 37.1 Å². The van der Waals surface area contributed by atoms with E-state index in [1.54, 1.807) is 0 Å². The minimum atomic E-state index is -4.54. The van der Waals surface area contributed by atoms with Crippen molar-refractivity contribution in [1.82, 2.24) is 5.32 Å². The van der Waals surface area contributed by atoms with E-state index in [2.05, 4.69) is 12.2 Å². The molecule has 0 spiro atoms. The summed E-state index contributed by atoms with van der Waals surface area (Å²) in [5.74, 6) is -0.879. The molecular formula is C15H21F4NO. The summed E-state index contributed by atoms with van der Waals surface area (Å²) in [4.78, 5) is 0. The molecule has 0 unspecified atom stereocenters. The van der Waals surface area contributed by atoms with E-state index in [1.807, 2.05) is 0 Å². The van der Waals surface area contributed by atoms with Crippen LogP contribution in [0, 0.1) is 5.82 Å². The van der Waals surface area contributed by atoms with E-state index in [0.29, 0.717) is 25.8 Å².